The van der Waals surface area contributed by atoms with Crippen molar-refractivity contribution in [3.63, 3.8) is 0 Å². The molecule has 0 aromatic rings. The summed E-state index contributed by atoms with van der Waals surface area (Å²) in [5, 5.41) is 11.5. The maximum Gasteiger partial charge on any atom is 1.00 e. The first kappa shape index (κ1) is 13.0. The Morgan fingerprint density at radius 1 is 1.25 bits per heavy atom. The van der Waals surface area contributed by atoms with Gasteiger partial charge in [0.1, 0.15) is 0 Å². The number of hydrogen-bond donors (Lipinski definition) is 0. The molecule has 1 fully saturated rings. The van der Waals surface area contributed by atoms with Crippen molar-refractivity contribution in [3.8, 4) is 0 Å². The van der Waals surface area contributed by atoms with Gasteiger partial charge in [0, 0.05) is 0 Å². The summed E-state index contributed by atoms with van der Waals surface area (Å²) < 4.78 is 0. The summed E-state index contributed by atoms with van der Waals surface area (Å²) in [6.07, 6.45) is 3.05. The molecule has 0 bridgehead atoms. The Kier molecular flexibility index (Phi) is 6.09. The minimum atomic E-state index is -0.279. The summed E-state index contributed by atoms with van der Waals surface area (Å²) in [5.74, 6) is 1.71. The molecule has 1 aliphatic rings. The Morgan fingerprint density at radius 2 is 1.83 bits per heavy atom. The van der Waals surface area contributed by atoms with Gasteiger partial charge in [0.15, 0.2) is 0 Å². The van der Waals surface area contributed by atoms with Gasteiger partial charge >= 0.3 is 29.6 Å². The predicted octanol–water partition coefficient (Wildman–Crippen LogP) is -1.19. The normalized spacial score (nSPS) is 36.2. The van der Waals surface area contributed by atoms with Crippen LogP contribution < -0.4 is 34.7 Å². The SMILES string of the molecule is CC1CC[C@@H](C(C)C)C([O-])C1.[Na+]. The van der Waals surface area contributed by atoms with E-state index in [1.807, 2.05) is 0 Å². The quantitative estimate of drug-likeness (QED) is 0.463. The first-order chi connectivity index (χ1) is 5.11. The summed E-state index contributed by atoms with van der Waals surface area (Å²) in [5.41, 5.74) is 0. The Hall–Kier alpha value is 0.960. The second kappa shape index (κ2) is 5.64. The molecule has 2 unspecified atom stereocenters. The van der Waals surface area contributed by atoms with E-state index in [4.69, 9.17) is 0 Å². The Labute approximate surface area is 98.2 Å². The molecular weight excluding hydrogens is 159 g/mol. The first-order valence-corrected chi connectivity index (χ1v) is 4.77. The molecule has 12 heavy (non-hydrogen) atoms. The van der Waals surface area contributed by atoms with Gasteiger partial charge < -0.3 is 5.11 Å². The zero-order chi connectivity index (χ0) is 8.43. The average molecular weight is 178 g/mol. The van der Waals surface area contributed by atoms with Crippen LogP contribution in [-0.4, -0.2) is 6.10 Å². The van der Waals surface area contributed by atoms with Gasteiger partial charge in [0.2, 0.25) is 0 Å². The number of rotatable bonds is 1. The fraction of sp³-hybridized carbons (Fsp3) is 1.00. The van der Waals surface area contributed by atoms with Crippen LogP contribution in [0.3, 0.4) is 0 Å². The van der Waals surface area contributed by atoms with Crippen molar-refractivity contribution in [1.29, 1.82) is 0 Å². The molecule has 66 valence electrons. The van der Waals surface area contributed by atoms with E-state index in [0.29, 0.717) is 17.8 Å². The number of hydrogen-bond acceptors (Lipinski definition) is 1. The monoisotopic (exact) mass is 178 g/mol. The van der Waals surface area contributed by atoms with E-state index in [2.05, 4.69) is 20.8 Å². The van der Waals surface area contributed by atoms with Crippen LogP contribution in [0.1, 0.15) is 40.0 Å². The summed E-state index contributed by atoms with van der Waals surface area (Å²) >= 11 is 0. The maximum absolute atomic E-state index is 11.5. The molecule has 0 radical (unpaired) electrons. The third-order valence-corrected chi connectivity index (χ3v) is 2.96. The van der Waals surface area contributed by atoms with Gasteiger partial charge in [-0.2, -0.15) is 0 Å². The standard InChI is InChI=1S/C10H19O.Na/c1-7(2)9-5-4-8(3)6-10(9)11;/h7-10H,4-6H2,1-3H3;/q-1;+1/t8?,9-,10?;/m0./s1. The van der Waals surface area contributed by atoms with Gasteiger partial charge in [0.05, 0.1) is 0 Å². The zero-order valence-electron chi connectivity index (χ0n) is 8.84. The third kappa shape index (κ3) is 3.37. The average Bonchev–Trinajstić information content (AvgIpc) is 1.85. The molecule has 1 nitrogen and oxygen atoms in total. The van der Waals surface area contributed by atoms with Gasteiger partial charge in [-0.25, -0.2) is 0 Å². The van der Waals surface area contributed by atoms with Crippen molar-refractivity contribution in [2.45, 2.75) is 46.1 Å². The van der Waals surface area contributed by atoms with Crippen LogP contribution in [-0.2, 0) is 0 Å². The molecule has 3 atom stereocenters. The minimum Gasteiger partial charge on any atom is -0.852 e. The smallest absolute Gasteiger partial charge is 0.852 e. The van der Waals surface area contributed by atoms with E-state index in [1.165, 1.54) is 6.42 Å². The van der Waals surface area contributed by atoms with Crippen LogP contribution in [0.5, 0.6) is 0 Å². The van der Waals surface area contributed by atoms with Crippen LogP contribution in [0.4, 0.5) is 0 Å². The van der Waals surface area contributed by atoms with Crippen LogP contribution in [0.25, 0.3) is 0 Å². The van der Waals surface area contributed by atoms with Crippen LogP contribution in [0, 0.1) is 17.8 Å². The van der Waals surface area contributed by atoms with Crippen LogP contribution in [0.2, 0.25) is 0 Å². The van der Waals surface area contributed by atoms with E-state index in [1.54, 1.807) is 0 Å². The van der Waals surface area contributed by atoms with Gasteiger partial charge in [-0.3, -0.25) is 0 Å². The second-order valence-electron chi connectivity index (χ2n) is 4.36. The fourth-order valence-corrected chi connectivity index (χ4v) is 2.11. The fourth-order valence-electron chi connectivity index (χ4n) is 2.11. The summed E-state index contributed by atoms with van der Waals surface area (Å²) in [6, 6.07) is 0. The van der Waals surface area contributed by atoms with E-state index >= 15 is 0 Å². The molecule has 0 aromatic heterocycles. The minimum absolute atomic E-state index is 0. The molecular formula is C10H19NaO. The van der Waals surface area contributed by atoms with Crippen LogP contribution in [0.15, 0.2) is 0 Å². The molecule has 0 spiro atoms. The largest absolute Gasteiger partial charge is 1.00 e. The molecule has 0 aliphatic heterocycles. The molecule has 0 aromatic carbocycles. The summed E-state index contributed by atoms with van der Waals surface area (Å²) in [4.78, 5) is 0. The van der Waals surface area contributed by atoms with Gasteiger partial charge in [-0.05, 0) is 11.8 Å². The molecule has 2 heteroatoms. The Balaban J connectivity index is 0.00000121. The first-order valence-electron chi connectivity index (χ1n) is 4.77. The Morgan fingerprint density at radius 3 is 2.25 bits per heavy atom. The van der Waals surface area contributed by atoms with E-state index in [0.717, 1.165) is 12.8 Å². The van der Waals surface area contributed by atoms with Crippen LogP contribution >= 0.6 is 0 Å². The topological polar surface area (TPSA) is 23.1 Å². The van der Waals surface area contributed by atoms with Gasteiger partial charge in [0.25, 0.3) is 0 Å². The van der Waals surface area contributed by atoms with E-state index in [-0.39, 0.29) is 35.7 Å². The van der Waals surface area contributed by atoms with Crippen molar-refractivity contribution in [2.24, 2.45) is 17.8 Å². The van der Waals surface area contributed by atoms with Crippen molar-refractivity contribution in [1.82, 2.24) is 0 Å². The molecule has 0 saturated heterocycles. The zero-order valence-corrected chi connectivity index (χ0v) is 10.8. The van der Waals surface area contributed by atoms with E-state index in [9.17, 15) is 5.11 Å². The third-order valence-electron chi connectivity index (χ3n) is 2.96. The molecule has 1 saturated carbocycles. The van der Waals surface area contributed by atoms with Crippen molar-refractivity contribution in [3.05, 3.63) is 0 Å². The van der Waals surface area contributed by atoms with Gasteiger partial charge in [-0.1, -0.05) is 46.0 Å². The molecule has 0 N–H and O–H groups in total. The maximum atomic E-state index is 11.5. The molecule has 0 amide bonds. The van der Waals surface area contributed by atoms with Gasteiger partial charge in [-0.15, -0.1) is 6.10 Å². The summed E-state index contributed by atoms with van der Waals surface area (Å²) in [6.45, 7) is 6.54. The van der Waals surface area contributed by atoms with Crippen molar-refractivity contribution in [2.75, 3.05) is 0 Å². The molecule has 1 rings (SSSR count). The van der Waals surface area contributed by atoms with Crippen molar-refractivity contribution >= 4 is 0 Å². The summed E-state index contributed by atoms with van der Waals surface area (Å²) in [7, 11) is 0. The molecule has 1 aliphatic carbocycles. The molecule has 0 heterocycles. The predicted molar refractivity (Wildman–Crippen MR) is 45.1 cm³/mol. The van der Waals surface area contributed by atoms with Crippen molar-refractivity contribution < 1.29 is 34.7 Å². The Bertz CT molecular complexity index is 125. The van der Waals surface area contributed by atoms with E-state index < -0.39 is 0 Å². The second-order valence-corrected chi connectivity index (χ2v) is 4.36.